The van der Waals surface area contributed by atoms with Crippen LogP contribution < -0.4 is 5.73 Å². The van der Waals surface area contributed by atoms with E-state index < -0.39 is 0 Å². The Morgan fingerprint density at radius 1 is 1.38 bits per heavy atom. The molecule has 0 aromatic rings. The Morgan fingerprint density at radius 2 is 2.00 bits per heavy atom. The predicted octanol–water partition coefficient (Wildman–Crippen LogP) is -0.850. The fraction of sp³-hybridized carbons (Fsp3) is 0.889. The summed E-state index contributed by atoms with van der Waals surface area (Å²) in [6.07, 6.45) is 1.01. The smallest absolute Gasteiger partial charge is 0.136 e. The Labute approximate surface area is 79.7 Å². The SMILES string of the molecule is CC(C=O)N1CCN(CCN)CC1. The van der Waals surface area contributed by atoms with Crippen molar-refractivity contribution >= 4 is 6.29 Å². The van der Waals surface area contributed by atoms with Crippen molar-refractivity contribution in [2.24, 2.45) is 5.73 Å². The van der Waals surface area contributed by atoms with E-state index >= 15 is 0 Å². The van der Waals surface area contributed by atoms with Gasteiger partial charge in [0, 0.05) is 39.3 Å². The van der Waals surface area contributed by atoms with E-state index in [4.69, 9.17) is 5.73 Å². The minimum absolute atomic E-state index is 0.0695. The molecular weight excluding hydrogens is 166 g/mol. The lowest BCUT2D eigenvalue weighted by Crippen LogP contribution is -2.50. The first kappa shape index (κ1) is 10.6. The van der Waals surface area contributed by atoms with E-state index in [-0.39, 0.29) is 6.04 Å². The van der Waals surface area contributed by atoms with Gasteiger partial charge in [-0.25, -0.2) is 0 Å². The third kappa shape index (κ3) is 3.06. The Bertz CT molecular complexity index is 155. The van der Waals surface area contributed by atoms with Gasteiger partial charge in [0.15, 0.2) is 0 Å². The molecule has 0 saturated carbocycles. The van der Waals surface area contributed by atoms with Crippen LogP contribution in [0.15, 0.2) is 0 Å². The first-order chi connectivity index (χ1) is 6.27. The number of piperazine rings is 1. The number of hydrogen-bond acceptors (Lipinski definition) is 4. The molecule has 0 aromatic carbocycles. The summed E-state index contributed by atoms with van der Waals surface area (Å²) in [6, 6.07) is 0.0695. The molecule has 1 fully saturated rings. The summed E-state index contributed by atoms with van der Waals surface area (Å²) in [6.45, 7) is 7.70. The van der Waals surface area contributed by atoms with Crippen molar-refractivity contribution < 1.29 is 4.79 Å². The van der Waals surface area contributed by atoms with Crippen LogP contribution in [-0.4, -0.2) is 61.4 Å². The van der Waals surface area contributed by atoms with Gasteiger partial charge >= 0.3 is 0 Å². The number of aldehydes is 1. The van der Waals surface area contributed by atoms with Crippen LogP contribution in [0.5, 0.6) is 0 Å². The standard InChI is InChI=1S/C9H19N3O/c1-9(8-13)12-6-4-11(3-2-10)5-7-12/h8-9H,2-7,10H2,1H3. The molecule has 0 radical (unpaired) electrons. The summed E-state index contributed by atoms with van der Waals surface area (Å²) in [4.78, 5) is 15.1. The largest absolute Gasteiger partial charge is 0.329 e. The van der Waals surface area contributed by atoms with Gasteiger partial charge in [-0.1, -0.05) is 0 Å². The summed E-state index contributed by atoms with van der Waals surface area (Å²) in [5.74, 6) is 0. The Hall–Kier alpha value is -0.450. The average molecular weight is 185 g/mol. The molecule has 0 bridgehead atoms. The monoisotopic (exact) mass is 185 g/mol. The highest BCUT2D eigenvalue weighted by Crippen LogP contribution is 2.03. The van der Waals surface area contributed by atoms with E-state index in [0.717, 1.165) is 45.6 Å². The van der Waals surface area contributed by atoms with Crippen molar-refractivity contribution in [2.75, 3.05) is 39.3 Å². The topological polar surface area (TPSA) is 49.6 Å². The number of carbonyl (C=O) groups excluding carboxylic acids is 1. The molecule has 4 nitrogen and oxygen atoms in total. The maximum Gasteiger partial charge on any atom is 0.136 e. The minimum Gasteiger partial charge on any atom is -0.329 e. The van der Waals surface area contributed by atoms with Gasteiger partial charge in [-0.05, 0) is 6.92 Å². The number of rotatable bonds is 4. The maximum atomic E-state index is 10.5. The zero-order valence-corrected chi connectivity index (χ0v) is 8.28. The lowest BCUT2D eigenvalue weighted by Gasteiger charge is -2.36. The van der Waals surface area contributed by atoms with E-state index in [9.17, 15) is 4.79 Å². The maximum absolute atomic E-state index is 10.5. The summed E-state index contributed by atoms with van der Waals surface area (Å²) in [5.41, 5.74) is 5.47. The summed E-state index contributed by atoms with van der Waals surface area (Å²) in [7, 11) is 0. The van der Waals surface area contributed by atoms with Crippen LogP contribution in [0, 0.1) is 0 Å². The number of nitrogens with two attached hydrogens (primary N) is 1. The van der Waals surface area contributed by atoms with Crippen LogP contribution in [0.2, 0.25) is 0 Å². The molecule has 0 amide bonds. The molecule has 2 N–H and O–H groups in total. The Morgan fingerprint density at radius 3 is 2.46 bits per heavy atom. The normalized spacial score (nSPS) is 22.9. The summed E-state index contributed by atoms with van der Waals surface area (Å²) < 4.78 is 0. The molecular formula is C9H19N3O. The van der Waals surface area contributed by atoms with Crippen LogP contribution in [0.25, 0.3) is 0 Å². The molecule has 1 unspecified atom stereocenters. The highest BCUT2D eigenvalue weighted by atomic mass is 16.1. The van der Waals surface area contributed by atoms with E-state index in [1.165, 1.54) is 0 Å². The quantitative estimate of drug-likeness (QED) is 0.580. The second kappa shape index (κ2) is 5.32. The van der Waals surface area contributed by atoms with Gasteiger partial charge < -0.3 is 10.5 Å². The van der Waals surface area contributed by atoms with Gasteiger partial charge in [0.25, 0.3) is 0 Å². The first-order valence-corrected chi connectivity index (χ1v) is 4.89. The van der Waals surface area contributed by atoms with Crippen LogP contribution in [-0.2, 0) is 4.79 Å². The summed E-state index contributed by atoms with van der Waals surface area (Å²) >= 11 is 0. The molecule has 13 heavy (non-hydrogen) atoms. The van der Waals surface area contributed by atoms with Crippen molar-refractivity contribution in [2.45, 2.75) is 13.0 Å². The second-order valence-electron chi connectivity index (χ2n) is 3.54. The van der Waals surface area contributed by atoms with Gasteiger partial charge in [-0.3, -0.25) is 9.80 Å². The molecule has 1 rings (SSSR count). The van der Waals surface area contributed by atoms with E-state index in [1.807, 2.05) is 6.92 Å². The van der Waals surface area contributed by atoms with Gasteiger partial charge in [-0.15, -0.1) is 0 Å². The molecule has 76 valence electrons. The molecule has 4 heteroatoms. The Balaban J connectivity index is 2.26. The van der Waals surface area contributed by atoms with Gasteiger partial charge in [0.1, 0.15) is 6.29 Å². The second-order valence-corrected chi connectivity index (χ2v) is 3.54. The number of hydrogen-bond donors (Lipinski definition) is 1. The number of carbonyl (C=O) groups is 1. The third-order valence-corrected chi connectivity index (χ3v) is 2.63. The highest BCUT2D eigenvalue weighted by Gasteiger charge is 2.19. The molecule has 1 heterocycles. The lowest BCUT2D eigenvalue weighted by atomic mass is 10.2. The minimum atomic E-state index is 0.0695. The van der Waals surface area contributed by atoms with E-state index in [1.54, 1.807) is 0 Å². The van der Waals surface area contributed by atoms with Crippen LogP contribution >= 0.6 is 0 Å². The van der Waals surface area contributed by atoms with Crippen LogP contribution in [0.1, 0.15) is 6.92 Å². The van der Waals surface area contributed by atoms with Crippen LogP contribution in [0.3, 0.4) is 0 Å². The Kier molecular flexibility index (Phi) is 4.35. The van der Waals surface area contributed by atoms with Crippen molar-refractivity contribution in [1.82, 2.24) is 9.80 Å². The summed E-state index contributed by atoms with van der Waals surface area (Å²) in [5, 5.41) is 0. The van der Waals surface area contributed by atoms with Crippen molar-refractivity contribution in [3.05, 3.63) is 0 Å². The average Bonchev–Trinajstić information content (AvgIpc) is 2.18. The molecule has 0 aliphatic carbocycles. The zero-order chi connectivity index (χ0) is 9.68. The van der Waals surface area contributed by atoms with Gasteiger partial charge in [0.05, 0.1) is 6.04 Å². The molecule has 1 saturated heterocycles. The van der Waals surface area contributed by atoms with Gasteiger partial charge in [0.2, 0.25) is 0 Å². The van der Waals surface area contributed by atoms with Crippen molar-refractivity contribution in [3.8, 4) is 0 Å². The molecule has 0 aromatic heterocycles. The van der Waals surface area contributed by atoms with Crippen molar-refractivity contribution in [1.29, 1.82) is 0 Å². The fourth-order valence-electron chi connectivity index (χ4n) is 1.66. The molecule has 1 aliphatic heterocycles. The molecule has 0 spiro atoms. The van der Waals surface area contributed by atoms with Gasteiger partial charge in [-0.2, -0.15) is 0 Å². The van der Waals surface area contributed by atoms with Crippen molar-refractivity contribution in [3.63, 3.8) is 0 Å². The molecule has 1 atom stereocenters. The fourth-order valence-corrected chi connectivity index (χ4v) is 1.66. The first-order valence-electron chi connectivity index (χ1n) is 4.89. The highest BCUT2D eigenvalue weighted by molar-refractivity contribution is 5.56. The van der Waals surface area contributed by atoms with E-state index in [0.29, 0.717) is 0 Å². The molecule has 1 aliphatic rings. The van der Waals surface area contributed by atoms with Crippen LogP contribution in [0.4, 0.5) is 0 Å². The zero-order valence-electron chi connectivity index (χ0n) is 8.28. The lowest BCUT2D eigenvalue weighted by molar-refractivity contribution is -0.112. The van der Waals surface area contributed by atoms with E-state index in [2.05, 4.69) is 9.80 Å². The third-order valence-electron chi connectivity index (χ3n) is 2.63. The number of nitrogens with zero attached hydrogens (tertiary/aromatic N) is 2. The predicted molar refractivity (Wildman–Crippen MR) is 52.6 cm³/mol.